The summed E-state index contributed by atoms with van der Waals surface area (Å²) in [6, 6.07) is 63.7. The molecule has 0 fully saturated rings. The lowest BCUT2D eigenvalue weighted by atomic mass is 9.78. The minimum atomic E-state index is -2.39. The third-order valence-corrected chi connectivity index (χ3v) is 28.1. The lowest BCUT2D eigenvalue weighted by molar-refractivity contribution is -0.132. The van der Waals surface area contributed by atoms with Crippen LogP contribution in [0.2, 0.25) is 51.4 Å². The normalized spacial score (nSPS) is 11.9. The summed E-state index contributed by atoms with van der Waals surface area (Å²) < 4.78 is 57.0. The van der Waals surface area contributed by atoms with E-state index in [9.17, 15) is 19.2 Å². The van der Waals surface area contributed by atoms with E-state index in [1.165, 1.54) is 25.0 Å². The topological polar surface area (TPSA) is 161 Å². The fraction of sp³-hybridized carbons (Fsp3) is 0.325. The van der Waals surface area contributed by atoms with Gasteiger partial charge in [-0.05, 0) is 194 Å². The highest BCUT2D eigenvalue weighted by Crippen LogP contribution is 2.38. The second kappa shape index (κ2) is 32.0. The average molecular weight is 1330 g/mol. The summed E-state index contributed by atoms with van der Waals surface area (Å²) in [5.74, 6) is 2.75. The summed E-state index contributed by atoms with van der Waals surface area (Å²) in [6.45, 7) is 29.0. The zero-order valence-electron chi connectivity index (χ0n) is 57.4. The summed E-state index contributed by atoms with van der Waals surface area (Å²) in [6.07, 6.45) is 2.02. The first-order valence-corrected chi connectivity index (χ1v) is 40.9. The monoisotopic (exact) mass is 1320 g/mol. The van der Waals surface area contributed by atoms with Crippen LogP contribution in [0, 0.1) is 0 Å². The number of hydrogen-bond acceptors (Lipinski definition) is 14. The van der Waals surface area contributed by atoms with E-state index in [-0.39, 0.29) is 28.2 Å². The van der Waals surface area contributed by atoms with E-state index in [1.54, 1.807) is 74.9 Å². The molecule has 8 aromatic carbocycles. The van der Waals surface area contributed by atoms with E-state index in [0.717, 1.165) is 71.2 Å². The molecule has 496 valence electrons. The highest BCUT2D eigenvalue weighted by Gasteiger charge is 2.39. The molecular weight excluding hydrogens is 1230 g/mol. The number of rotatable bonds is 26. The lowest BCUT2D eigenvalue weighted by Crippen LogP contribution is -2.52. The Labute approximate surface area is 559 Å². The number of carbonyl (C=O) groups excluding carboxylic acids is 4. The Kier molecular flexibility index (Phi) is 24.8. The number of ether oxygens (including phenoxy) is 8. The molecule has 8 rings (SSSR count). The molecule has 0 unspecified atom stereocenters. The minimum Gasteiger partial charge on any atom is -0.493 e. The fourth-order valence-electron chi connectivity index (χ4n) is 11.5. The van der Waals surface area contributed by atoms with Crippen molar-refractivity contribution in [3.8, 4) is 46.0 Å². The van der Waals surface area contributed by atoms with Crippen LogP contribution in [0.1, 0.15) is 113 Å². The average Bonchev–Trinajstić information content (AvgIpc) is 1.27. The molecule has 0 heterocycles. The van der Waals surface area contributed by atoms with Gasteiger partial charge in [-0.1, -0.05) is 163 Å². The second-order valence-corrected chi connectivity index (χ2v) is 39.1. The fourth-order valence-corrected chi connectivity index (χ4v) is 25.6. The number of carbonyl (C=O) groups is 4. The Morgan fingerprint density at radius 3 is 0.936 bits per heavy atom. The van der Waals surface area contributed by atoms with E-state index in [4.69, 9.17) is 46.1 Å². The molecule has 0 aliphatic rings. The molecule has 0 saturated heterocycles. The van der Waals surface area contributed by atoms with Gasteiger partial charge in [-0.3, -0.25) is 9.59 Å². The molecule has 0 saturated carbocycles. The second-order valence-electron chi connectivity index (χ2n) is 26.6. The number of hydrogen-bond donors (Lipinski definition) is 0. The van der Waals surface area contributed by atoms with E-state index in [2.05, 4.69) is 105 Å². The summed E-state index contributed by atoms with van der Waals surface area (Å²) in [5.41, 5.74) is 8.25. The van der Waals surface area contributed by atoms with Gasteiger partial charge < -0.3 is 46.1 Å². The third-order valence-electron chi connectivity index (χ3n) is 16.6. The van der Waals surface area contributed by atoms with Crippen LogP contribution in [0.4, 0.5) is 9.59 Å². The SMILES string of the molecule is CC(=O)Oc1ccc(C(C)(C)c2ccc(OC(=O)Oc3ccc(C(C)(C)c4ccccc4)cc3)cc2)cc1.COc1cc(CCC[Si](C)(C)O[Si](C)(C)O[Si](C)(C)CCCc2ccc(OC(=O)Oc3ccc(C(C)(C)c4ccccc4)cc3)c(OC)c2)ccc1OC(C)=O. The first-order chi connectivity index (χ1) is 44.4. The van der Waals surface area contributed by atoms with Gasteiger partial charge in [0.2, 0.25) is 0 Å². The number of aryl methyl sites for hydroxylation is 2. The first-order valence-electron chi connectivity index (χ1n) is 31.8. The smallest absolute Gasteiger partial charge is 0.493 e. The summed E-state index contributed by atoms with van der Waals surface area (Å²) in [5, 5.41) is 0. The van der Waals surface area contributed by atoms with Crippen molar-refractivity contribution in [2.45, 2.75) is 149 Å². The molecule has 0 N–H and O–H groups in total. The first kappa shape index (κ1) is 72.8. The lowest BCUT2D eigenvalue weighted by Gasteiger charge is -2.39. The third kappa shape index (κ3) is 21.2. The Bertz CT molecular complexity index is 3790. The van der Waals surface area contributed by atoms with Gasteiger partial charge >= 0.3 is 32.8 Å². The zero-order valence-corrected chi connectivity index (χ0v) is 60.4. The molecule has 0 aromatic heterocycles. The molecule has 0 atom stereocenters. The van der Waals surface area contributed by atoms with Gasteiger partial charge in [0.05, 0.1) is 14.2 Å². The number of esters is 2. The van der Waals surface area contributed by atoms with Gasteiger partial charge in [-0.15, -0.1) is 0 Å². The molecule has 94 heavy (non-hydrogen) atoms. The maximum absolute atomic E-state index is 12.8. The Balaban J connectivity index is 0.000000286. The van der Waals surface area contributed by atoms with Crippen molar-refractivity contribution in [2.75, 3.05) is 14.2 Å². The van der Waals surface area contributed by atoms with Gasteiger partial charge in [0, 0.05) is 30.1 Å². The van der Waals surface area contributed by atoms with Crippen LogP contribution >= 0.6 is 0 Å². The molecule has 0 bridgehead atoms. The minimum absolute atomic E-state index is 0.180. The molecule has 0 aliphatic carbocycles. The zero-order chi connectivity index (χ0) is 68.5. The highest BCUT2D eigenvalue weighted by molar-refractivity contribution is 6.87. The highest BCUT2D eigenvalue weighted by atomic mass is 28.5. The van der Waals surface area contributed by atoms with Crippen LogP contribution in [-0.2, 0) is 46.9 Å². The molecule has 0 amide bonds. The van der Waals surface area contributed by atoms with Gasteiger partial charge in [0.15, 0.2) is 39.6 Å². The molecule has 8 aromatic rings. The van der Waals surface area contributed by atoms with E-state index in [0.29, 0.717) is 46.0 Å². The Hall–Kier alpha value is -8.59. The van der Waals surface area contributed by atoms with Gasteiger partial charge in [-0.2, -0.15) is 0 Å². The van der Waals surface area contributed by atoms with Crippen molar-refractivity contribution >= 4 is 49.4 Å². The van der Waals surface area contributed by atoms with Gasteiger partial charge in [0.1, 0.15) is 23.0 Å². The molecule has 0 radical (unpaired) electrons. The van der Waals surface area contributed by atoms with E-state index in [1.807, 2.05) is 109 Å². The molecule has 14 nitrogen and oxygen atoms in total. The number of benzene rings is 8. The van der Waals surface area contributed by atoms with Crippen LogP contribution in [0.5, 0.6) is 46.0 Å². The summed E-state index contributed by atoms with van der Waals surface area (Å²) in [4.78, 5) is 47.7. The van der Waals surface area contributed by atoms with Crippen molar-refractivity contribution < 1.29 is 65.3 Å². The Morgan fingerprint density at radius 2 is 0.628 bits per heavy atom. The van der Waals surface area contributed by atoms with Crippen molar-refractivity contribution in [1.82, 2.24) is 0 Å². The van der Waals surface area contributed by atoms with Crippen LogP contribution in [-0.4, -0.2) is 63.7 Å². The van der Waals surface area contributed by atoms with Crippen molar-refractivity contribution in [3.63, 3.8) is 0 Å². The quantitative estimate of drug-likeness (QED) is 0.0218. The predicted molar refractivity (Wildman–Crippen MR) is 378 cm³/mol. The summed E-state index contributed by atoms with van der Waals surface area (Å²) >= 11 is 0. The maximum Gasteiger partial charge on any atom is 0.519 e. The van der Waals surface area contributed by atoms with Crippen molar-refractivity contribution in [2.24, 2.45) is 0 Å². The van der Waals surface area contributed by atoms with Gasteiger partial charge in [0.25, 0.3) is 0 Å². The molecule has 17 heteroatoms. The molecule has 0 spiro atoms. The van der Waals surface area contributed by atoms with Crippen LogP contribution in [0.25, 0.3) is 0 Å². The van der Waals surface area contributed by atoms with Crippen LogP contribution in [0.15, 0.2) is 194 Å². The Morgan fingerprint density at radius 1 is 0.340 bits per heavy atom. The van der Waals surface area contributed by atoms with Crippen LogP contribution in [0.3, 0.4) is 0 Å². The molecule has 0 aliphatic heterocycles. The molecular formula is C77H92O14Si3. The van der Waals surface area contributed by atoms with Gasteiger partial charge in [-0.25, -0.2) is 9.59 Å². The summed E-state index contributed by atoms with van der Waals surface area (Å²) in [7, 11) is -3.28. The predicted octanol–water partition coefficient (Wildman–Crippen LogP) is 19.1. The standard InChI is InChI=1S/C44H60O9Si3.C33H32O5/c1-33(45)49-39-27-21-34(31-41(39)47-4)17-15-29-54(6,7)52-56(10,11)53-55(8,9)30-16-18-35-22-28-40(42(32-35)48-5)51-43(46)50-38-25-23-37(24-26-38)44(2,3)36-19-13-12-14-20-36;1-23(34)36-28-17-11-26(12-18-28)33(4,5)27-15-21-30(22-16-27)38-31(35)37-29-19-13-25(14-20-29)32(2,3)24-9-7-6-8-10-24/h12-14,19-28,31-32H,15-18,29-30H2,1-11H3;6-22H,1-5H3. The van der Waals surface area contributed by atoms with Crippen LogP contribution < -0.4 is 37.9 Å². The van der Waals surface area contributed by atoms with Crippen molar-refractivity contribution in [3.05, 3.63) is 239 Å². The maximum atomic E-state index is 12.8. The van der Waals surface area contributed by atoms with E-state index >= 15 is 0 Å². The van der Waals surface area contributed by atoms with E-state index < -0.39 is 37.5 Å². The largest absolute Gasteiger partial charge is 0.519 e. The van der Waals surface area contributed by atoms with Crippen molar-refractivity contribution in [1.29, 1.82) is 0 Å². The number of methoxy groups -OCH3 is 2.